The third-order valence-corrected chi connectivity index (χ3v) is 3.88. The van der Waals surface area contributed by atoms with Crippen LogP contribution in [-0.4, -0.2) is 29.3 Å². The zero-order valence-corrected chi connectivity index (χ0v) is 16.8. The molecule has 0 heterocycles. The summed E-state index contributed by atoms with van der Waals surface area (Å²) in [5, 5.41) is 11.8. The van der Waals surface area contributed by atoms with E-state index in [0.717, 1.165) is 22.6 Å². The van der Waals surface area contributed by atoms with Crippen molar-refractivity contribution in [3.63, 3.8) is 0 Å². The summed E-state index contributed by atoms with van der Waals surface area (Å²) in [6.45, 7) is 6.12. The minimum atomic E-state index is -1.15. The van der Waals surface area contributed by atoms with Crippen molar-refractivity contribution in [1.29, 1.82) is 0 Å². The lowest BCUT2D eigenvalue weighted by molar-refractivity contribution is -0.115. The van der Waals surface area contributed by atoms with E-state index in [-0.39, 0.29) is 12.3 Å². The third-order valence-electron chi connectivity index (χ3n) is 3.88. The van der Waals surface area contributed by atoms with Gasteiger partial charge in [-0.1, -0.05) is 12.1 Å². The highest BCUT2D eigenvalue weighted by Gasteiger charge is 2.26. The minimum absolute atomic E-state index is 0.0133. The van der Waals surface area contributed by atoms with Crippen LogP contribution in [0.2, 0.25) is 0 Å². The Bertz CT molecular complexity index is 910. The normalized spacial score (nSPS) is 11.1. The maximum Gasteiger partial charge on any atom is 0.415 e. The van der Waals surface area contributed by atoms with Crippen LogP contribution in [0.15, 0.2) is 36.4 Å². The first kappa shape index (κ1) is 22.3. The summed E-state index contributed by atoms with van der Waals surface area (Å²) in [6.07, 6.45) is -0.869. The van der Waals surface area contributed by atoms with Crippen LogP contribution in [0.5, 0.6) is 0 Å². The van der Waals surface area contributed by atoms with Crippen molar-refractivity contribution in [2.75, 3.05) is 16.8 Å². The average molecular weight is 406 g/mol. The Balaban J connectivity index is 2.25. The number of halogens is 2. The second-order valence-electron chi connectivity index (χ2n) is 7.52. The van der Waals surface area contributed by atoms with Crippen molar-refractivity contribution in [1.82, 2.24) is 0 Å². The number of aliphatic hydroxyl groups excluding tert-OH is 1. The first-order chi connectivity index (χ1) is 13.5. The third kappa shape index (κ3) is 6.25. The molecule has 0 aliphatic heterocycles. The maximum atomic E-state index is 13.7. The van der Waals surface area contributed by atoms with Crippen molar-refractivity contribution in [3.05, 3.63) is 59.2 Å². The molecule has 0 aliphatic carbocycles. The van der Waals surface area contributed by atoms with Gasteiger partial charge in [-0.25, -0.2) is 13.6 Å². The molecule has 0 spiro atoms. The van der Waals surface area contributed by atoms with E-state index in [4.69, 9.17) is 4.74 Å². The van der Waals surface area contributed by atoms with Crippen LogP contribution >= 0.6 is 0 Å². The monoisotopic (exact) mass is 406 g/mol. The molecule has 0 atom stereocenters. The molecule has 2 aromatic rings. The minimum Gasteiger partial charge on any atom is -0.443 e. The molecular weight excluding hydrogens is 382 g/mol. The second-order valence-corrected chi connectivity index (χ2v) is 7.52. The van der Waals surface area contributed by atoms with Gasteiger partial charge >= 0.3 is 6.09 Å². The van der Waals surface area contributed by atoms with Crippen molar-refractivity contribution >= 4 is 23.4 Å². The fourth-order valence-corrected chi connectivity index (χ4v) is 2.53. The molecule has 0 aliphatic rings. The molecule has 0 bridgehead atoms. The van der Waals surface area contributed by atoms with Gasteiger partial charge in [-0.2, -0.15) is 0 Å². The Kier molecular flexibility index (Phi) is 6.92. The lowest BCUT2D eigenvalue weighted by Gasteiger charge is -2.27. The van der Waals surface area contributed by atoms with Crippen LogP contribution < -0.4 is 10.2 Å². The molecule has 0 unspecified atom stereocenters. The summed E-state index contributed by atoms with van der Waals surface area (Å²) in [6, 6.07) is 7.90. The fourth-order valence-electron chi connectivity index (χ4n) is 2.53. The maximum absolute atomic E-state index is 13.7. The molecule has 2 N–H and O–H groups in total. The van der Waals surface area contributed by atoms with Crippen LogP contribution in [0, 0.1) is 18.6 Å². The zero-order chi connectivity index (χ0) is 21.8. The van der Waals surface area contributed by atoms with Crippen LogP contribution in [0.1, 0.15) is 31.9 Å². The van der Waals surface area contributed by atoms with Crippen LogP contribution in [-0.2, 0) is 16.1 Å². The smallest absolute Gasteiger partial charge is 0.415 e. The number of aliphatic hydroxyl groups is 1. The summed E-state index contributed by atoms with van der Waals surface area (Å²) >= 11 is 0. The summed E-state index contributed by atoms with van der Waals surface area (Å²) < 4.78 is 32.3. The molecular formula is C21H24F2N2O4. The first-order valence-corrected chi connectivity index (χ1v) is 8.96. The van der Waals surface area contributed by atoms with E-state index in [1.54, 1.807) is 45.9 Å². The van der Waals surface area contributed by atoms with Gasteiger partial charge in [-0.15, -0.1) is 0 Å². The molecule has 0 aromatic heterocycles. The number of hydrogen-bond donors (Lipinski definition) is 2. The second kappa shape index (κ2) is 9.00. The quantitative estimate of drug-likeness (QED) is 0.782. The van der Waals surface area contributed by atoms with Crippen molar-refractivity contribution in [3.8, 4) is 0 Å². The molecule has 8 heteroatoms. The number of nitrogens with zero attached hydrogens (tertiary/aromatic N) is 1. The zero-order valence-electron chi connectivity index (χ0n) is 16.8. The highest BCUT2D eigenvalue weighted by Crippen LogP contribution is 2.22. The highest BCUT2D eigenvalue weighted by molar-refractivity contribution is 6.00. The SMILES string of the molecule is Cc1cc(CO)ccc1NC(=O)CN(C(=O)OC(C)(C)C)c1ccc(F)c(F)c1. The number of carbonyl (C=O) groups excluding carboxylic acids is 2. The van der Waals surface area contributed by atoms with Gasteiger partial charge < -0.3 is 15.2 Å². The van der Waals surface area contributed by atoms with E-state index in [2.05, 4.69) is 5.32 Å². The average Bonchev–Trinajstić information content (AvgIpc) is 2.62. The Labute approximate surface area is 168 Å². The highest BCUT2D eigenvalue weighted by atomic mass is 19.2. The Morgan fingerprint density at radius 2 is 1.79 bits per heavy atom. The van der Waals surface area contributed by atoms with E-state index in [1.807, 2.05) is 0 Å². The molecule has 6 nitrogen and oxygen atoms in total. The predicted molar refractivity (Wildman–Crippen MR) is 106 cm³/mol. The van der Waals surface area contributed by atoms with E-state index >= 15 is 0 Å². The molecule has 2 aromatic carbocycles. The van der Waals surface area contributed by atoms with Crippen LogP contribution in [0.4, 0.5) is 25.0 Å². The number of rotatable bonds is 5. The van der Waals surface area contributed by atoms with Crippen molar-refractivity contribution < 1.29 is 28.2 Å². The Morgan fingerprint density at radius 1 is 1.10 bits per heavy atom. The van der Waals surface area contributed by atoms with Crippen LogP contribution in [0.25, 0.3) is 0 Å². The van der Waals surface area contributed by atoms with Gasteiger partial charge in [0, 0.05) is 11.8 Å². The number of amides is 2. The molecule has 156 valence electrons. The summed E-state index contributed by atoms with van der Waals surface area (Å²) in [4.78, 5) is 26.1. The predicted octanol–water partition coefficient (Wildman–Crippen LogP) is 4.15. The molecule has 29 heavy (non-hydrogen) atoms. The van der Waals surface area contributed by atoms with E-state index in [0.29, 0.717) is 11.3 Å². The van der Waals surface area contributed by atoms with E-state index in [9.17, 15) is 23.5 Å². The summed E-state index contributed by atoms with van der Waals surface area (Å²) in [7, 11) is 0. The summed E-state index contributed by atoms with van der Waals surface area (Å²) in [5.74, 6) is -2.77. The number of aryl methyl sites for hydroxylation is 1. The number of carbonyl (C=O) groups is 2. The number of hydrogen-bond acceptors (Lipinski definition) is 4. The standard InChI is InChI=1S/C21H24F2N2O4/c1-13-9-14(12-26)5-8-18(13)24-19(27)11-25(20(28)29-21(2,3)4)15-6-7-16(22)17(23)10-15/h5-10,26H,11-12H2,1-4H3,(H,24,27). The Hall–Kier alpha value is -3.00. The number of ether oxygens (including phenoxy) is 1. The first-order valence-electron chi connectivity index (χ1n) is 8.96. The number of nitrogens with one attached hydrogen (secondary N) is 1. The van der Waals surface area contributed by atoms with Crippen molar-refractivity contribution in [2.24, 2.45) is 0 Å². The van der Waals surface area contributed by atoms with Gasteiger partial charge in [0.15, 0.2) is 11.6 Å². The van der Waals surface area contributed by atoms with Gasteiger partial charge in [-0.3, -0.25) is 9.69 Å². The van der Waals surface area contributed by atoms with Gasteiger partial charge in [0.1, 0.15) is 12.1 Å². The van der Waals surface area contributed by atoms with Crippen LogP contribution in [0.3, 0.4) is 0 Å². The van der Waals surface area contributed by atoms with E-state index < -0.39 is 35.8 Å². The molecule has 0 saturated carbocycles. The van der Waals surface area contributed by atoms with Gasteiger partial charge in [0.25, 0.3) is 0 Å². The number of anilines is 2. The van der Waals surface area contributed by atoms with Crippen molar-refractivity contribution in [2.45, 2.75) is 39.9 Å². The molecule has 2 rings (SSSR count). The lowest BCUT2D eigenvalue weighted by Crippen LogP contribution is -2.41. The summed E-state index contributed by atoms with van der Waals surface area (Å²) in [5.41, 5.74) is 1.06. The lowest BCUT2D eigenvalue weighted by atomic mass is 10.1. The molecule has 0 fully saturated rings. The molecule has 0 radical (unpaired) electrons. The van der Waals surface area contributed by atoms with Gasteiger partial charge in [0.2, 0.25) is 5.91 Å². The topological polar surface area (TPSA) is 78.9 Å². The molecule has 0 saturated heterocycles. The largest absolute Gasteiger partial charge is 0.443 e. The Morgan fingerprint density at radius 3 is 2.34 bits per heavy atom. The van der Waals surface area contributed by atoms with Gasteiger partial charge in [-0.05, 0) is 57.0 Å². The fraction of sp³-hybridized carbons (Fsp3) is 0.333. The van der Waals surface area contributed by atoms with E-state index in [1.165, 1.54) is 6.07 Å². The number of benzene rings is 2. The molecule has 2 amide bonds. The van der Waals surface area contributed by atoms with Gasteiger partial charge in [0.05, 0.1) is 12.3 Å².